The Morgan fingerprint density at radius 3 is 2.32 bits per heavy atom. The molecule has 0 atom stereocenters. The van der Waals surface area contributed by atoms with Crippen LogP contribution in [0.5, 0.6) is 0 Å². The van der Waals surface area contributed by atoms with Crippen LogP contribution in [0.15, 0.2) is 36.5 Å². The molecule has 0 aliphatic rings. The van der Waals surface area contributed by atoms with Crippen molar-refractivity contribution in [3.8, 4) is 11.1 Å². The molecule has 0 bridgehead atoms. The lowest BCUT2D eigenvalue weighted by molar-refractivity contribution is -0.137. The van der Waals surface area contributed by atoms with Gasteiger partial charge >= 0.3 is 6.18 Å². The summed E-state index contributed by atoms with van der Waals surface area (Å²) in [5.41, 5.74) is 0.278. The number of aryl methyl sites for hydroxylation is 1. The lowest BCUT2D eigenvalue weighted by Crippen LogP contribution is -2.09. The van der Waals surface area contributed by atoms with E-state index in [-0.39, 0.29) is 5.56 Å². The van der Waals surface area contributed by atoms with Crippen molar-refractivity contribution in [3.63, 3.8) is 0 Å². The van der Waals surface area contributed by atoms with E-state index in [1.807, 2.05) is 0 Å². The molecule has 0 saturated heterocycles. The monoisotopic (exact) mass is 285 g/mol. The molecule has 5 heteroatoms. The fourth-order valence-electron chi connectivity index (χ4n) is 1.79. The maximum Gasteiger partial charge on any atom is 0.417 e. The molecule has 0 spiro atoms. The summed E-state index contributed by atoms with van der Waals surface area (Å²) >= 11 is 5.74. The summed E-state index contributed by atoms with van der Waals surface area (Å²) in [5, 5.41) is 0.482. The quantitative estimate of drug-likeness (QED) is 0.758. The van der Waals surface area contributed by atoms with Crippen LogP contribution in [-0.2, 0) is 12.6 Å². The first-order valence-corrected chi connectivity index (χ1v) is 6.11. The van der Waals surface area contributed by atoms with Crippen LogP contribution in [0.25, 0.3) is 11.1 Å². The second-order valence-electron chi connectivity index (χ2n) is 4.08. The van der Waals surface area contributed by atoms with Gasteiger partial charge in [0.1, 0.15) is 0 Å². The van der Waals surface area contributed by atoms with Gasteiger partial charge in [0.05, 0.1) is 5.56 Å². The number of rotatable bonds is 2. The van der Waals surface area contributed by atoms with Crippen molar-refractivity contribution in [3.05, 3.63) is 52.8 Å². The number of hydrogen-bond acceptors (Lipinski definition) is 1. The van der Waals surface area contributed by atoms with Crippen molar-refractivity contribution in [1.82, 2.24) is 4.98 Å². The largest absolute Gasteiger partial charge is 0.417 e. The molecule has 19 heavy (non-hydrogen) atoms. The summed E-state index contributed by atoms with van der Waals surface area (Å²) < 4.78 is 39.2. The number of nitrogens with zero attached hydrogens (tertiary/aromatic N) is 1. The third kappa shape index (κ3) is 3.07. The number of alkyl halides is 3. The highest BCUT2D eigenvalue weighted by atomic mass is 35.5. The second-order valence-corrected chi connectivity index (χ2v) is 4.52. The normalized spacial score (nSPS) is 11.6. The third-order valence-electron chi connectivity index (χ3n) is 2.78. The van der Waals surface area contributed by atoms with Gasteiger partial charge in [0.15, 0.2) is 0 Å². The Bertz CT molecular complexity index is 576. The van der Waals surface area contributed by atoms with Crippen LogP contribution in [0, 0.1) is 0 Å². The topological polar surface area (TPSA) is 12.9 Å². The van der Waals surface area contributed by atoms with Gasteiger partial charge in [-0.1, -0.05) is 30.7 Å². The number of pyridine rings is 1. The molecular weight excluding hydrogens is 275 g/mol. The van der Waals surface area contributed by atoms with Gasteiger partial charge in [-0.2, -0.15) is 13.2 Å². The van der Waals surface area contributed by atoms with Crippen LogP contribution in [0.4, 0.5) is 13.2 Å². The van der Waals surface area contributed by atoms with E-state index in [9.17, 15) is 13.2 Å². The van der Waals surface area contributed by atoms with E-state index in [1.54, 1.807) is 31.2 Å². The number of aromatic nitrogens is 1. The molecule has 0 radical (unpaired) electrons. The zero-order valence-corrected chi connectivity index (χ0v) is 10.9. The fraction of sp³-hybridized carbons (Fsp3) is 0.214. The molecule has 0 amide bonds. The lowest BCUT2D eigenvalue weighted by atomic mass is 10.0. The molecule has 0 N–H and O–H groups in total. The van der Waals surface area contributed by atoms with Crippen LogP contribution in [-0.4, -0.2) is 4.98 Å². The van der Waals surface area contributed by atoms with Gasteiger partial charge in [0.25, 0.3) is 0 Å². The highest BCUT2D eigenvalue weighted by Gasteiger charge is 2.34. The second kappa shape index (κ2) is 5.21. The van der Waals surface area contributed by atoms with Crippen LogP contribution >= 0.6 is 11.6 Å². The predicted octanol–water partition coefficient (Wildman–Crippen LogP) is 4.98. The first kappa shape index (κ1) is 13.9. The van der Waals surface area contributed by atoms with Crippen molar-refractivity contribution in [1.29, 1.82) is 0 Å². The van der Waals surface area contributed by atoms with Crippen molar-refractivity contribution in [2.45, 2.75) is 19.5 Å². The van der Waals surface area contributed by atoms with Gasteiger partial charge < -0.3 is 0 Å². The predicted molar refractivity (Wildman–Crippen MR) is 69.1 cm³/mol. The van der Waals surface area contributed by atoms with Crippen molar-refractivity contribution < 1.29 is 13.2 Å². The summed E-state index contributed by atoms with van der Waals surface area (Å²) in [6.45, 7) is 1.77. The Kier molecular flexibility index (Phi) is 3.80. The third-order valence-corrected chi connectivity index (χ3v) is 3.04. The summed E-state index contributed by atoms with van der Waals surface area (Å²) in [7, 11) is 0. The Morgan fingerprint density at radius 2 is 1.79 bits per heavy atom. The highest BCUT2D eigenvalue weighted by Crippen LogP contribution is 2.37. The molecule has 0 saturated carbocycles. The van der Waals surface area contributed by atoms with Crippen LogP contribution in [0.1, 0.15) is 18.2 Å². The molecule has 1 nitrogen and oxygen atoms in total. The molecule has 0 unspecified atom stereocenters. The number of benzene rings is 1. The van der Waals surface area contributed by atoms with Crippen molar-refractivity contribution in [2.24, 2.45) is 0 Å². The molecule has 0 fully saturated rings. The molecule has 0 aliphatic heterocycles. The lowest BCUT2D eigenvalue weighted by Gasteiger charge is -2.14. The average Bonchev–Trinajstić information content (AvgIpc) is 2.38. The van der Waals surface area contributed by atoms with Crippen LogP contribution in [0.2, 0.25) is 5.02 Å². The highest BCUT2D eigenvalue weighted by molar-refractivity contribution is 6.30. The van der Waals surface area contributed by atoms with Gasteiger partial charge in [-0.25, -0.2) is 0 Å². The van der Waals surface area contributed by atoms with E-state index < -0.39 is 11.7 Å². The summed E-state index contributed by atoms with van der Waals surface area (Å²) in [4.78, 5) is 4.04. The molecule has 1 heterocycles. The van der Waals surface area contributed by atoms with E-state index in [0.29, 0.717) is 22.7 Å². The zero-order chi connectivity index (χ0) is 14.0. The average molecular weight is 286 g/mol. The summed E-state index contributed by atoms with van der Waals surface area (Å²) in [6.07, 6.45) is -2.67. The minimum absolute atomic E-state index is 0.0707. The van der Waals surface area contributed by atoms with Crippen LogP contribution < -0.4 is 0 Å². The molecule has 100 valence electrons. The zero-order valence-electron chi connectivity index (χ0n) is 10.1. The minimum Gasteiger partial charge on any atom is -0.261 e. The van der Waals surface area contributed by atoms with E-state index in [1.165, 1.54) is 6.20 Å². The summed E-state index contributed by atoms with van der Waals surface area (Å²) in [6, 6.07) is 7.33. The first-order chi connectivity index (χ1) is 8.91. The molecule has 1 aromatic carbocycles. The number of hydrogen-bond donors (Lipinski definition) is 0. The Morgan fingerprint density at radius 1 is 1.16 bits per heavy atom. The van der Waals surface area contributed by atoms with E-state index in [0.717, 1.165) is 6.07 Å². The van der Waals surface area contributed by atoms with E-state index in [2.05, 4.69) is 4.98 Å². The molecule has 2 rings (SSSR count). The molecular formula is C14H11ClF3N. The maximum atomic E-state index is 13.1. The Balaban J connectivity index is 2.59. The summed E-state index contributed by atoms with van der Waals surface area (Å²) in [5.74, 6) is 0. The molecule has 0 aliphatic carbocycles. The van der Waals surface area contributed by atoms with Crippen LogP contribution in [0.3, 0.4) is 0 Å². The standard InChI is InChI=1S/C14H11ClF3N/c1-2-11-7-13(14(16,17)18)12(8-19-11)9-3-5-10(15)6-4-9/h3-8H,2H2,1H3. The fourth-order valence-corrected chi connectivity index (χ4v) is 1.91. The Hall–Kier alpha value is -1.55. The van der Waals surface area contributed by atoms with Gasteiger partial charge in [0, 0.05) is 22.5 Å². The first-order valence-electron chi connectivity index (χ1n) is 5.74. The van der Waals surface area contributed by atoms with E-state index >= 15 is 0 Å². The maximum absolute atomic E-state index is 13.1. The Labute approximate surface area is 114 Å². The van der Waals surface area contributed by atoms with Gasteiger partial charge in [0.2, 0.25) is 0 Å². The smallest absolute Gasteiger partial charge is 0.261 e. The van der Waals surface area contributed by atoms with Gasteiger partial charge in [-0.05, 0) is 30.2 Å². The van der Waals surface area contributed by atoms with E-state index in [4.69, 9.17) is 11.6 Å². The van der Waals surface area contributed by atoms with Gasteiger partial charge in [-0.15, -0.1) is 0 Å². The SMILES string of the molecule is CCc1cc(C(F)(F)F)c(-c2ccc(Cl)cc2)cn1. The van der Waals surface area contributed by atoms with Gasteiger partial charge in [-0.3, -0.25) is 4.98 Å². The van der Waals surface area contributed by atoms with Crippen molar-refractivity contribution in [2.75, 3.05) is 0 Å². The van der Waals surface area contributed by atoms with Crippen molar-refractivity contribution >= 4 is 11.6 Å². The molecule has 2 aromatic rings. The molecule has 1 aromatic heterocycles. The number of halogens is 4. The minimum atomic E-state index is -4.40.